The summed E-state index contributed by atoms with van der Waals surface area (Å²) < 4.78 is 10.1. The summed E-state index contributed by atoms with van der Waals surface area (Å²) in [7, 11) is 1.31. The molecule has 0 saturated heterocycles. The van der Waals surface area contributed by atoms with Crippen LogP contribution in [0.1, 0.15) is 41.0 Å². The molecule has 1 aliphatic heterocycles. The van der Waals surface area contributed by atoms with Crippen molar-refractivity contribution in [2.75, 3.05) is 7.11 Å². The highest BCUT2D eigenvalue weighted by Crippen LogP contribution is 2.30. The van der Waals surface area contributed by atoms with Gasteiger partial charge in [-0.2, -0.15) is 0 Å². The van der Waals surface area contributed by atoms with Crippen LogP contribution in [0.4, 0.5) is 4.79 Å². The van der Waals surface area contributed by atoms with Gasteiger partial charge in [0.2, 0.25) is 5.72 Å². The molecule has 108 valence electrons. The Bertz CT molecular complexity index is 385. The van der Waals surface area contributed by atoms with Crippen molar-refractivity contribution in [2.24, 2.45) is 0 Å². The third-order valence-electron chi connectivity index (χ3n) is 3.10. The first-order valence-electron chi connectivity index (χ1n) is 6.45. The van der Waals surface area contributed by atoms with Crippen LogP contribution < -0.4 is 0 Å². The number of rotatable bonds is 3. The van der Waals surface area contributed by atoms with Gasteiger partial charge in [-0.05, 0) is 39.8 Å². The summed E-state index contributed by atoms with van der Waals surface area (Å²) in [6.45, 7) is 10.1. The van der Waals surface area contributed by atoms with Crippen LogP contribution in [0, 0.1) is 0 Å². The van der Waals surface area contributed by atoms with E-state index in [0.717, 1.165) is 0 Å². The molecule has 0 N–H and O–H groups in total. The second-order valence-corrected chi connectivity index (χ2v) is 5.63. The maximum absolute atomic E-state index is 11.5. The molecule has 0 aromatic carbocycles. The van der Waals surface area contributed by atoms with Crippen LogP contribution in [-0.2, 0) is 9.47 Å². The highest BCUT2D eigenvalue weighted by molar-refractivity contribution is 5.60. The number of carbonyl (C=O) groups excluding carboxylic acids is 1. The van der Waals surface area contributed by atoms with Gasteiger partial charge in [0.05, 0.1) is 12.6 Å². The molecule has 1 unspecified atom stereocenters. The molecule has 1 heterocycles. The number of allylic oxidation sites excluding steroid dienone is 2. The molecule has 19 heavy (non-hydrogen) atoms. The largest absolute Gasteiger partial charge is 0.510 e. The fraction of sp³-hybridized carbons (Fsp3) is 0.643. The number of nitrogens with zero attached hydrogens (tertiary/aromatic N) is 2. The molecule has 0 aromatic heterocycles. The molecule has 5 nitrogen and oxygen atoms in total. The Morgan fingerprint density at radius 2 is 1.63 bits per heavy atom. The van der Waals surface area contributed by atoms with E-state index in [4.69, 9.17) is 4.74 Å². The molecule has 5 heteroatoms. The lowest BCUT2D eigenvalue weighted by atomic mass is 10.1. The zero-order valence-corrected chi connectivity index (χ0v) is 12.6. The summed E-state index contributed by atoms with van der Waals surface area (Å²) in [5.41, 5.74) is -0.918. The normalized spacial score (nSPS) is 18.2. The Labute approximate surface area is 115 Å². The fourth-order valence-electron chi connectivity index (χ4n) is 1.84. The van der Waals surface area contributed by atoms with Crippen molar-refractivity contribution in [3.63, 3.8) is 0 Å². The van der Waals surface area contributed by atoms with Crippen molar-refractivity contribution < 1.29 is 14.3 Å². The van der Waals surface area contributed by atoms with Gasteiger partial charge in [0.15, 0.2) is 0 Å². The lowest BCUT2D eigenvalue weighted by molar-refractivity contribution is -0.192. The van der Waals surface area contributed by atoms with Gasteiger partial charge in [0.25, 0.3) is 0 Å². The van der Waals surface area contributed by atoms with E-state index >= 15 is 0 Å². The number of hydrogen-bond acceptors (Lipinski definition) is 5. The molecular weight excluding hydrogens is 244 g/mol. The number of methoxy groups -OCH3 is 1. The van der Waals surface area contributed by atoms with Gasteiger partial charge in [0.1, 0.15) is 0 Å². The van der Waals surface area contributed by atoms with E-state index in [1.165, 1.54) is 7.11 Å². The van der Waals surface area contributed by atoms with Crippen LogP contribution in [0.3, 0.4) is 0 Å². The van der Waals surface area contributed by atoms with Crippen LogP contribution in [-0.4, -0.2) is 34.5 Å². The van der Waals surface area contributed by atoms with Gasteiger partial charge in [-0.15, -0.1) is 0 Å². The number of hydrogen-bond donors (Lipinski definition) is 0. The summed E-state index contributed by atoms with van der Waals surface area (Å²) in [6, 6.07) is 0. The Kier molecular flexibility index (Phi) is 4.50. The minimum absolute atomic E-state index is 0.128. The highest BCUT2D eigenvalue weighted by atomic mass is 16.7. The van der Waals surface area contributed by atoms with E-state index in [9.17, 15) is 4.79 Å². The lowest BCUT2D eigenvalue weighted by Gasteiger charge is -2.50. The number of hydrazine groups is 1. The van der Waals surface area contributed by atoms with Crippen molar-refractivity contribution in [1.82, 2.24) is 10.0 Å². The third kappa shape index (κ3) is 3.43. The van der Waals surface area contributed by atoms with Gasteiger partial charge < -0.3 is 9.47 Å². The zero-order chi connectivity index (χ0) is 14.7. The minimum Gasteiger partial charge on any atom is -0.438 e. The van der Waals surface area contributed by atoms with Gasteiger partial charge in [-0.3, -0.25) is 10.0 Å². The van der Waals surface area contributed by atoms with Crippen LogP contribution in [0.15, 0.2) is 24.6 Å². The highest BCUT2D eigenvalue weighted by Gasteiger charge is 2.39. The summed E-state index contributed by atoms with van der Waals surface area (Å²) in [5, 5.41) is 3.96. The number of ether oxygens (including phenoxy) is 2. The smallest absolute Gasteiger partial charge is 0.438 e. The summed E-state index contributed by atoms with van der Waals surface area (Å²) in [6.07, 6.45) is 7.69. The van der Waals surface area contributed by atoms with Gasteiger partial charge >= 0.3 is 6.16 Å². The van der Waals surface area contributed by atoms with Crippen LogP contribution in [0.5, 0.6) is 0 Å². The maximum atomic E-state index is 11.5. The molecule has 0 aromatic rings. The summed E-state index contributed by atoms with van der Waals surface area (Å²) in [4.78, 5) is 11.5. The predicted molar refractivity (Wildman–Crippen MR) is 73.9 cm³/mol. The fourth-order valence-corrected chi connectivity index (χ4v) is 1.84. The topological polar surface area (TPSA) is 42.0 Å². The van der Waals surface area contributed by atoms with Gasteiger partial charge in [-0.1, -0.05) is 6.92 Å². The van der Waals surface area contributed by atoms with E-state index < -0.39 is 11.9 Å². The molecule has 0 spiro atoms. The Balaban J connectivity index is 3.04. The third-order valence-corrected chi connectivity index (χ3v) is 3.10. The van der Waals surface area contributed by atoms with E-state index in [1.807, 2.05) is 48.4 Å². The molecular formula is C14H24N2O3. The Hall–Kier alpha value is -1.65. The van der Waals surface area contributed by atoms with E-state index in [1.54, 1.807) is 0 Å². The van der Waals surface area contributed by atoms with Crippen LogP contribution in [0.25, 0.3) is 0 Å². The van der Waals surface area contributed by atoms with E-state index in [0.29, 0.717) is 6.42 Å². The van der Waals surface area contributed by atoms with Gasteiger partial charge in [0, 0.05) is 18.8 Å². The molecule has 0 radical (unpaired) electrons. The summed E-state index contributed by atoms with van der Waals surface area (Å²) in [5.74, 6) is 0. The van der Waals surface area contributed by atoms with Crippen molar-refractivity contribution in [3.05, 3.63) is 24.6 Å². The molecule has 0 bridgehead atoms. The second kappa shape index (κ2) is 5.55. The zero-order valence-electron chi connectivity index (χ0n) is 12.6. The van der Waals surface area contributed by atoms with Crippen LogP contribution >= 0.6 is 0 Å². The van der Waals surface area contributed by atoms with E-state index in [-0.39, 0.29) is 5.54 Å². The van der Waals surface area contributed by atoms with Crippen molar-refractivity contribution in [2.45, 2.75) is 52.3 Å². The molecule has 0 aliphatic carbocycles. The van der Waals surface area contributed by atoms with Gasteiger partial charge in [-0.25, -0.2) is 4.79 Å². The van der Waals surface area contributed by atoms with Crippen molar-refractivity contribution in [3.8, 4) is 0 Å². The first-order valence-corrected chi connectivity index (χ1v) is 6.45. The molecule has 1 atom stereocenters. The van der Waals surface area contributed by atoms with Crippen molar-refractivity contribution >= 4 is 6.16 Å². The molecule has 0 saturated carbocycles. The second-order valence-electron chi connectivity index (χ2n) is 5.63. The number of carbonyl (C=O) groups is 1. The monoisotopic (exact) mass is 268 g/mol. The first kappa shape index (κ1) is 15.4. The standard InChI is InChI=1S/C14H24N2O3/c1-7-14(5,19-12(17)18-6)16-11-9-8-10-15(16)13(2,3)4/h8-11H,7H2,1-6H3. The molecule has 0 fully saturated rings. The average Bonchev–Trinajstić information content (AvgIpc) is 2.37. The Morgan fingerprint density at radius 1 is 1.11 bits per heavy atom. The van der Waals surface area contributed by atoms with Crippen LogP contribution in [0.2, 0.25) is 0 Å². The average molecular weight is 268 g/mol. The minimum atomic E-state index is -0.790. The predicted octanol–water partition coefficient (Wildman–Crippen LogP) is 3.25. The quantitative estimate of drug-likeness (QED) is 0.735. The van der Waals surface area contributed by atoms with Crippen molar-refractivity contribution in [1.29, 1.82) is 0 Å². The molecule has 0 amide bonds. The van der Waals surface area contributed by atoms with E-state index in [2.05, 4.69) is 25.5 Å². The Morgan fingerprint density at radius 3 is 2.05 bits per heavy atom. The maximum Gasteiger partial charge on any atom is 0.510 e. The molecule has 1 rings (SSSR count). The first-order chi connectivity index (χ1) is 8.74. The molecule has 1 aliphatic rings. The summed E-state index contributed by atoms with van der Waals surface area (Å²) >= 11 is 0. The lowest BCUT2D eigenvalue weighted by Crippen LogP contribution is -2.58. The SMILES string of the molecule is CCC(C)(OC(=O)OC)N1C=CC=CN1C(C)(C)C.